The summed E-state index contributed by atoms with van der Waals surface area (Å²) in [6, 6.07) is 6.59. The number of thiocarbonyl (C=S) groups is 1. The Morgan fingerprint density at radius 3 is 2.61 bits per heavy atom. The number of halogens is 1. The Labute approximate surface area is 121 Å². The summed E-state index contributed by atoms with van der Waals surface area (Å²) in [5, 5.41) is 0.175. The molecule has 0 radical (unpaired) electrons. The van der Waals surface area contributed by atoms with Gasteiger partial charge in [-0.3, -0.25) is 4.79 Å². The van der Waals surface area contributed by atoms with Crippen LogP contribution in [0.1, 0.15) is 13.8 Å². The Kier molecular flexibility index (Phi) is 6.46. The van der Waals surface area contributed by atoms with Gasteiger partial charge in [0.2, 0.25) is 4.38 Å². The first-order chi connectivity index (χ1) is 8.52. The highest BCUT2D eigenvalue weighted by Gasteiger charge is 2.18. The van der Waals surface area contributed by atoms with E-state index >= 15 is 0 Å². The monoisotopic (exact) mass is 304 g/mol. The number of hydrogen-bond acceptors (Lipinski definition) is 5. The second kappa shape index (κ2) is 7.61. The smallest absolute Gasteiger partial charge is 0.324 e. The van der Waals surface area contributed by atoms with Crippen molar-refractivity contribution in [2.75, 3.05) is 6.61 Å². The molecule has 1 atom stereocenters. The molecular weight excluding hydrogens is 292 g/mol. The van der Waals surface area contributed by atoms with Crippen LogP contribution < -0.4 is 4.74 Å². The number of benzene rings is 1. The van der Waals surface area contributed by atoms with Crippen LogP contribution in [0.3, 0.4) is 0 Å². The van der Waals surface area contributed by atoms with E-state index in [9.17, 15) is 4.79 Å². The maximum absolute atomic E-state index is 11.7. The third-order valence-corrected chi connectivity index (χ3v) is 3.41. The first-order valence-electron chi connectivity index (χ1n) is 5.33. The van der Waals surface area contributed by atoms with Crippen LogP contribution in [0.5, 0.6) is 5.75 Å². The van der Waals surface area contributed by atoms with Crippen molar-refractivity contribution < 1.29 is 14.3 Å². The molecular formula is C12H13ClO3S2. The second-order valence-electron chi connectivity index (χ2n) is 3.32. The molecule has 1 aromatic rings. The van der Waals surface area contributed by atoms with E-state index in [0.717, 1.165) is 11.8 Å². The number of carbonyl (C=O) groups is 1. The number of hydrogen-bond donors (Lipinski definition) is 0. The zero-order valence-corrected chi connectivity index (χ0v) is 12.4. The maximum Gasteiger partial charge on any atom is 0.324 e. The highest BCUT2D eigenvalue weighted by molar-refractivity contribution is 8.23. The van der Waals surface area contributed by atoms with Gasteiger partial charge in [0, 0.05) is 5.02 Å². The molecule has 6 heteroatoms. The first-order valence-corrected chi connectivity index (χ1v) is 7.00. The van der Waals surface area contributed by atoms with Crippen molar-refractivity contribution >= 4 is 45.9 Å². The molecule has 0 N–H and O–H groups in total. The van der Waals surface area contributed by atoms with E-state index in [2.05, 4.69) is 0 Å². The van der Waals surface area contributed by atoms with Crippen molar-refractivity contribution in [3.8, 4) is 5.75 Å². The third kappa shape index (κ3) is 5.25. The first kappa shape index (κ1) is 15.3. The van der Waals surface area contributed by atoms with E-state index in [4.69, 9.17) is 33.3 Å². The van der Waals surface area contributed by atoms with Gasteiger partial charge in [-0.2, -0.15) is 0 Å². The third-order valence-electron chi connectivity index (χ3n) is 1.90. The van der Waals surface area contributed by atoms with Gasteiger partial charge in [-0.1, -0.05) is 23.4 Å². The molecule has 1 unspecified atom stereocenters. The van der Waals surface area contributed by atoms with Crippen LogP contribution in [-0.2, 0) is 9.53 Å². The molecule has 1 rings (SSSR count). The van der Waals surface area contributed by atoms with E-state index in [1.54, 1.807) is 31.2 Å². The Morgan fingerprint density at radius 2 is 2.06 bits per heavy atom. The lowest BCUT2D eigenvalue weighted by Crippen LogP contribution is -2.21. The minimum atomic E-state index is -0.417. The van der Waals surface area contributed by atoms with Crippen molar-refractivity contribution in [2.45, 2.75) is 19.1 Å². The van der Waals surface area contributed by atoms with Gasteiger partial charge in [-0.05, 0) is 50.3 Å². The van der Waals surface area contributed by atoms with Gasteiger partial charge in [0.25, 0.3) is 0 Å². The molecule has 0 fully saturated rings. The number of esters is 1. The zero-order valence-electron chi connectivity index (χ0n) is 10.0. The highest BCUT2D eigenvalue weighted by atomic mass is 35.5. The van der Waals surface area contributed by atoms with Crippen LogP contribution in [0.2, 0.25) is 5.02 Å². The summed E-state index contributed by atoms with van der Waals surface area (Å²) in [7, 11) is 0. The lowest BCUT2D eigenvalue weighted by molar-refractivity contribution is -0.133. The fourth-order valence-electron chi connectivity index (χ4n) is 1.05. The standard InChI is InChI=1S/C12H13ClO3S2/c1-3-15-12(17)18-8(2)11(14)16-10-6-4-9(13)5-7-10/h4-8H,3H2,1-2H3. The molecule has 0 amide bonds. The molecule has 3 nitrogen and oxygen atoms in total. The molecule has 0 aromatic heterocycles. The van der Waals surface area contributed by atoms with Gasteiger partial charge in [-0.25, -0.2) is 0 Å². The zero-order chi connectivity index (χ0) is 13.5. The Morgan fingerprint density at radius 1 is 1.44 bits per heavy atom. The average molecular weight is 305 g/mol. The number of rotatable bonds is 4. The van der Waals surface area contributed by atoms with Crippen molar-refractivity contribution in [2.24, 2.45) is 0 Å². The molecule has 1 aromatic carbocycles. The fraction of sp³-hybridized carbons (Fsp3) is 0.333. The minimum Gasteiger partial charge on any atom is -0.479 e. The molecule has 98 valence electrons. The molecule has 18 heavy (non-hydrogen) atoms. The fourth-order valence-corrected chi connectivity index (χ4v) is 2.34. The van der Waals surface area contributed by atoms with Crippen LogP contribution in [0.15, 0.2) is 24.3 Å². The highest BCUT2D eigenvalue weighted by Crippen LogP contribution is 2.19. The summed E-state index contributed by atoms with van der Waals surface area (Å²) in [6.45, 7) is 4.04. The number of carbonyl (C=O) groups excluding carboxylic acids is 1. The van der Waals surface area contributed by atoms with E-state index in [1.807, 2.05) is 6.92 Å². The normalized spacial score (nSPS) is 11.7. The van der Waals surface area contributed by atoms with Crippen molar-refractivity contribution in [1.29, 1.82) is 0 Å². The van der Waals surface area contributed by atoms with Gasteiger partial charge in [-0.15, -0.1) is 0 Å². The van der Waals surface area contributed by atoms with E-state index in [1.165, 1.54) is 0 Å². The number of thioether (sulfide) groups is 1. The SMILES string of the molecule is CCOC(=S)SC(C)C(=O)Oc1ccc(Cl)cc1. The molecule has 0 spiro atoms. The predicted molar refractivity (Wildman–Crippen MR) is 78.4 cm³/mol. The molecule has 0 heterocycles. The quantitative estimate of drug-likeness (QED) is 0.481. The van der Waals surface area contributed by atoms with Gasteiger partial charge < -0.3 is 9.47 Å². The van der Waals surface area contributed by atoms with Gasteiger partial charge in [0.05, 0.1) is 6.61 Å². The maximum atomic E-state index is 11.7. The van der Waals surface area contributed by atoms with Gasteiger partial charge >= 0.3 is 5.97 Å². The van der Waals surface area contributed by atoms with Crippen LogP contribution in [0, 0.1) is 0 Å². The van der Waals surface area contributed by atoms with Crippen LogP contribution in [-0.4, -0.2) is 22.2 Å². The van der Waals surface area contributed by atoms with Crippen LogP contribution >= 0.6 is 35.6 Å². The average Bonchev–Trinajstić information content (AvgIpc) is 2.32. The minimum absolute atomic E-state index is 0.345. The summed E-state index contributed by atoms with van der Waals surface area (Å²) >= 11 is 11.8. The summed E-state index contributed by atoms with van der Waals surface area (Å²) in [5.74, 6) is 0.0866. The van der Waals surface area contributed by atoms with Crippen molar-refractivity contribution in [3.05, 3.63) is 29.3 Å². The van der Waals surface area contributed by atoms with E-state index < -0.39 is 5.25 Å². The Hall–Kier alpha value is -0.780. The van der Waals surface area contributed by atoms with Crippen LogP contribution in [0.4, 0.5) is 0 Å². The Bertz CT molecular complexity index is 420. The Balaban J connectivity index is 2.49. The van der Waals surface area contributed by atoms with E-state index in [-0.39, 0.29) is 5.97 Å². The molecule has 0 saturated carbocycles. The summed E-state index contributed by atoms with van der Waals surface area (Å²) in [4.78, 5) is 11.7. The second-order valence-corrected chi connectivity index (χ2v) is 5.70. The topological polar surface area (TPSA) is 35.5 Å². The molecule has 0 aliphatic heterocycles. The summed E-state index contributed by atoms with van der Waals surface area (Å²) in [6.07, 6.45) is 0. The predicted octanol–water partition coefficient (Wildman–Crippen LogP) is 3.69. The molecule has 0 aliphatic rings. The lowest BCUT2D eigenvalue weighted by atomic mass is 10.3. The largest absolute Gasteiger partial charge is 0.479 e. The van der Waals surface area contributed by atoms with Gasteiger partial charge in [0.1, 0.15) is 11.0 Å². The van der Waals surface area contributed by atoms with Crippen LogP contribution in [0.25, 0.3) is 0 Å². The van der Waals surface area contributed by atoms with Crippen molar-refractivity contribution in [3.63, 3.8) is 0 Å². The molecule has 0 bridgehead atoms. The van der Waals surface area contributed by atoms with Crippen molar-refractivity contribution in [1.82, 2.24) is 0 Å². The molecule has 0 aliphatic carbocycles. The lowest BCUT2D eigenvalue weighted by Gasteiger charge is -2.11. The number of ether oxygens (including phenoxy) is 2. The van der Waals surface area contributed by atoms with E-state index in [0.29, 0.717) is 21.8 Å². The summed E-state index contributed by atoms with van der Waals surface area (Å²) in [5.41, 5.74) is 0. The molecule has 0 saturated heterocycles. The summed E-state index contributed by atoms with van der Waals surface area (Å²) < 4.78 is 10.6. The van der Waals surface area contributed by atoms with Gasteiger partial charge in [0.15, 0.2) is 0 Å².